The van der Waals surface area contributed by atoms with Crippen LogP contribution >= 0.6 is 0 Å². The summed E-state index contributed by atoms with van der Waals surface area (Å²) in [6, 6.07) is 5.09. The van der Waals surface area contributed by atoms with E-state index in [1.165, 1.54) is 0 Å². The van der Waals surface area contributed by atoms with Gasteiger partial charge in [0, 0.05) is 11.4 Å². The molecule has 0 heterocycles. The van der Waals surface area contributed by atoms with Crippen LogP contribution in [0.4, 0.5) is 11.4 Å². The topological polar surface area (TPSA) is 89.3 Å². The van der Waals surface area contributed by atoms with E-state index in [1.807, 2.05) is 6.92 Å². The Morgan fingerprint density at radius 2 is 1.89 bits per heavy atom. The van der Waals surface area contributed by atoms with Crippen molar-refractivity contribution in [3.8, 4) is 0 Å². The largest absolute Gasteiger partial charge is 0.399 e. The summed E-state index contributed by atoms with van der Waals surface area (Å²) in [6.07, 6.45) is 0. The summed E-state index contributed by atoms with van der Waals surface area (Å²) in [4.78, 5) is 11.8. The Hall–Kier alpha value is -1.56. The molecule has 0 fully saturated rings. The van der Waals surface area contributed by atoms with Crippen LogP contribution in [0.3, 0.4) is 0 Å². The van der Waals surface area contributed by atoms with E-state index in [0.29, 0.717) is 11.4 Å². The number of anilines is 2. The highest BCUT2D eigenvalue weighted by atomic mass is 32.2. The minimum absolute atomic E-state index is 0.513. The number of nitrogens with two attached hydrogens (primary N) is 1. The summed E-state index contributed by atoms with van der Waals surface area (Å²) in [5.74, 6) is -1.09. The molecular weight excluding hydrogens is 264 g/mol. The van der Waals surface area contributed by atoms with Gasteiger partial charge in [-0.2, -0.15) is 0 Å². The molecule has 0 radical (unpaired) electrons. The van der Waals surface area contributed by atoms with Crippen LogP contribution in [0.25, 0.3) is 0 Å². The highest BCUT2D eigenvalue weighted by Gasteiger charge is 2.31. The summed E-state index contributed by atoms with van der Waals surface area (Å²) in [5, 5.41) is 2.58. The van der Waals surface area contributed by atoms with Crippen molar-refractivity contribution in [2.75, 3.05) is 16.8 Å². The first-order chi connectivity index (χ1) is 8.53. The van der Waals surface area contributed by atoms with Crippen molar-refractivity contribution < 1.29 is 13.2 Å². The second-order valence-electron chi connectivity index (χ2n) is 5.49. The predicted octanol–water partition coefficient (Wildman–Crippen LogP) is 1.73. The van der Waals surface area contributed by atoms with Crippen LogP contribution in [0.1, 0.15) is 26.3 Å². The first kappa shape index (κ1) is 15.5. The fourth-order valence-electron chi connectivity index (χ4n) is 1.35. The molecule has 0 unspecified atom stereocenters. The minimum atomic E-state index is -3.48. The summed E-state index contributed by atoms with van der Waals surface area (Å²) >= 11 is 0. The molecule has 0 aliphatic heterocycles. The van der Waals surface area contributed by atoms with E-state index in [-0.39, 0.29) is 0 Å². The van der Waals surface area contributed by atoms with E-state index < -0.39 is 26.2 Å². The number of hydrogen-bond donors (Lipinski definition) is 2. The lowest BCUT2D eigenvalue weighted by molar-refractivity contribution is -0.113. The molecule has 0 aliphatic carbocycles. The van der Waals surface area contributed by atoms with Gasteiger partial charge in [0.1, 0.15) is 5.75 Å². The maximum absolute atomic E-state index is 11.9. The van der Waals surface area contributed by atoms with E-state index in [2.05, 4.69) is 5.32 Å². The van der Waals surface area contributed by atoms with Gasteiger partial charge in [0.25, 0.3) is 0 Å². The second kappa shape index (κ2) is 5.21. The second-order valence-corrected chi connectivity index (χ2v) is 8.24. The van der Waals surface area contributed by atoms with Gasteiger partial charge in [-0.05, 0) is 45.4 Å². The molecule has 0 spiro atoms. The fraction of sp³-hybridized carbons (Fsp3) is 0.462. The molecule has 106 valence electrons. The van der Waals surface area contributed by atoms with Crippen molar-refractivity contribution in [3.63, 3.8) is 0 Å². The van der Waals surface area contributed by atoms with E-state index in [0.717, 1.165) is 5.56 Å². The fourth-order valence-corrected chi connectivity index (χ4v) is 2.20. The number of carbonyl (C=O) groups is 1. The zero-order chi connectivity index (χ0) is 14.8. The van der Waals surface area contributed by atoms with Crippen molar-refractivity contribution in [1.29, 1.82) is 0 Å². The van der Waals surface area contributed by atoms with Crippen LogP contribution in [0.5, 0.6) is 0 Å². The number of nitrogen functional groups attached to an aromatic ring is 1. The number of rotatable bonds is 3. The van der Waals surface area contributed by atoms with Crippen molar-refractivity contribution in [2.45, 2.75) is 32.4 Å². The SMILES string of the molecule is Cc1ccc(N)cc1NC(=O)CS(=O)(=O)C(C)(C)C. The van der Waals surface area contributed by atoms with Crippen LogP contribution in [-0.4, -0.2) is 24.8 Å². The normalized spacial score (nSPS) is 12.2. The number of nitrogens with one attached hydrogen (secondary N) is 1. The Balaban J connectivity index is 2.85. The lowest BCUT2D eigenvalue weighted by atomic mass is 10.2. The lowest BCUT2D eigenvalue weighted by Crippen LogP contribution is -2.35. The van der Waals surface area contributed by atoms with Crippen LogP contribution in [0.15, 0.2) is 18.2 Å². The number of aryl methyl sites for hydroxylation is 1. The number of benzene rings is 1. The maximum Gasteiger partial charge on any atom is 0.239 e. The molecule has 1 rings (SSSR count). The Morgan fingerprint density at radius 3 is 2.42 bits per heavy atom. The Kier molecular flexibility index (Phi) is 4.25. The Bertz CT molecular complexity index is 586. The van der Waals surface area contributed by atoms with Crippen LogP contribution in [0.2, 0.25) is 0 Å². The van der Waals surface area contributed by atoms with Crippen molar-refractivity contribution in [3.05, 3.63) is 23.8 Å². The molecule has 5 nitrogen and oxygen atoms in total. The van der Waals surface area contributed by atoms with E-state index >= 15 is 0 Å². The van der Waals surface area contributed by atoms with Gasteiger partial charge in [-0.25, -0.2) is 8.42 Å². The molecule has 3 N–H and O–H groups in total. The molecule has 0 saturated carbocycles. The quantitative estimate of drug-likeness (QED) is 0.827. The molecular formula is C13H20N2O3S. The van der Waals surface area contributed by atoms with Gasteiger partial charge in [0.2, 0.25) is 5.91 Å². The van der Waals surface area contributed by atoms with Crippen LogP contribution < -0.4 is 11.1 Å². The molecule has 19 heavy (non-hydrogen) atoms. The highest BCUT2D eigenvalue weighted by molar-refractivity contribution is 7.93. The molecule has 0 aromatic heterocycles. The molecule has 0 bridgehead atoms. The molecule has 6 heteroatoms. The predicted molar refractivity (Wildman–Crippen MR) is 77.8 cm³/mol. The van der Waals surface area contributed by atoms with Crippen molar-refractivity contribution in [2.24, 2.45) is 0 Å². The summed E-state index contributed by atoms with van der Waals surface area (Å²) in [5.41, 5.74) is 7.51. The average molecular weight is 284 g/mol. The number of carbonyl (C=O) groups excluding carboxylic acids is 1. The van der Waals surface area contributed by atoms with Gasteiger partial charge < -0.3 is 11.1 Å². The third-order valence-electron chi connectivity index (χ3n) is 2.79. The third kappa shape index (κ3) is 3.96. The maximum atomic E-state index is 11.9. The standard InChI is InChI=1S/C13H20N2O3S/c1-9-5-6-10(14)7-11(9)15-12(16)8-19(17,18)13(2,3)4/h5-7H,8,14H2,1-4H3,(H,15,16). The highest BCUT2D eigenvalue weighted by Crippen LogP contribution is 2.20. The van der Waals surface area contributed by atoms with Gasteiger partial charge in [-0.15, -0.1) is 0 Å². The smallest absolute Gasteiger partial charge is 0.239 e. The van der Waals surface area contributed by atoms with Gasteiger partial charge in [-0.3, -0.25) is 4.79 Å². The monoisotopic (exact) mass is 284 g/mol. The van der Waals surface area contributed by atoms with Crippen molar-refractivity contribution >= 4 is 27.1 Å². The zero-order valence-electron chi connectivity index (χ0n) is 11.6. The van der Waals surface area contributed by atoms with E-state index in [1.54, 1.807) is 39.0 Å². The molecule has 1 aromatic rings. The molecule has 0 aliphatic rings. The van der Waals surface area contributed by atoms with Crippen molar-refractivity contribution in [1.82, 2.24) is 0 Å². The molecule has 0 saturated heterocycles. The summed E-state index contributed by atoms with van der Waals surface area (Å²) < 4.78 is 22.9. The van der Waals surface area contributed by atoms with Gasteiger partial charge >= 0.3 is 0 Å². The first-order valence-corrected chi connectivity index (χ1v) is 7.56. The van der Waals surface area contributed by atoms with E-state index in [4.69, 9.17) is 5.73 Å². The first-order valence-electron chi connectivity index (χ1n) is 5.91. The molecule has 0 atom stereocenters. The van der Waals surface area contributed by atoms with Gasteiger partial charge in [0.15, 0.2) is 9.84 Å². The average Bonchev–Trinajstić information content (AvgIpc) is 2.21. The Morgan fingerprint density at radius 1 is 1.32 bits per heavy atom. The lowest BCUT2D eigenvalue weighted by Gasteiger charge is -2.19. The van der Waals surface area contributed by atoms with Crippen LogP contribution in [-0.2, 0) is 14.6 Å². The third-order valence-corrected chi connectivity index (χ3v) is 5.30. The zero-order valence-corrected chi connectivity index (χ0v) is 12.5. The van der Waals surface area contributed by atoms with Gasteiger partial charge in [0.05, 0.1) is 4.75 Å². The van der Waals surface area contributed by atoms with Crippen LogP contribution in [0, 0.1) is 6.92 Å². The van der Waals surface area contributed by atoms with Gasteiger partial charge in [-0.1, -0.05) is 6.07 Å². The summed E-state index contributed by atoms with van der Waals surface area (Å²) in [7, 11) is -3.48. The minimum Gasteiger partial charge on any atom is -0.399 e. The molecule has 1 amide bonds. The molecule has 1 aromatic carbocycles. The number of sulfone groups is 1. The Labute approximate surface area is 114 Å². The number of hydrogen-bond acceptors (Lipinski definition) is 4. The summed E-state index contributed by atoms with van der Waals surface area (Å²) in [6.45, 7) is 6.53. The van der Waals surface area contributed by atoms with E-state index in [9.17, 15) is 13.2 Å². The number of amides is 1.